The van der Waals surface area contributed by atoms with Crippen LogP contribution >= 0.6 is 0 Å². The fraction of sp³-hybridized carbons (Fsp3) is 0.889. The summed E-state index contributed by atoms with van der Waals surface area (Å²) >= 11 is 0. The van der Waals surface area contributed by atoms with Crippen LogP contribution in [0.2, 0.25) is 0 Å². The minimum absolute atomic E-state index is 0.376. The topological polar surface area (TPSA) is 50.4 Å². The second-order valence-electron chi connectivity index (χ2n) is 4.31. The van der Waals surface area contributed by atoms with Gasteiger partial charge in [-0.3, -0.25) is 4.99 Å². The number of hydrogen-bond donors (Lipinski definition) is 2. The van der Waals surface area contributed by atoms with Crippen LogP contribution in [0.15, 0.2) is 4.99 Å². The van der Waals surface area contributed by atoms with Gasteiger partial charge in [0, 0.05) is 12.6 Å². The molecule has 12 heavy (non-hydrogen) atoms. The van der Waals surface area contributed by atoms with Gasteiger partial charge in [0.25, 0.3) is 0 Å². The summed E-state index contributed by atoms with van der Waals surface area (Å²) in [6, 6.07) is 0.376. The third-order valence-electron chi connectivity index (χ3n) is 2.17. The van der Waals surface area contributed by atoms with Gasteiger partial charge in [0.1, 0.15) is 0 Å². The highest BCUT2D eigenvalue weighted by molar-refractivity contribution is 5.78. The van der Waals surface area contributed by atoms with Crippen LogP contribution in [0.5, 0.6) is 0 Å². The van der Waals surface area contributed by atoms with Crippen molar-refractivity contribution < 1.29 is 0 Å². The zero-order valence-electron chi connectivity index (χ0n) is 8.22. The van der Waals surface area contributed by atoms with Crippen LogP contribution < -0.4 is 11.1 Å². The Labute approximate surface area is 74.4 Å². The van der Waals surface area contributed by atoms with Crippen molar-refractivity contribution in [2.24, 2.45) is 16.1 Å². The van der Waals surface area contributed by atoms with E-state index < -0.39 is 0 Å². The summed E-state index contributed by atoms with van der Waals surface area (Å²) in [6.07, 6.45) is 2.59. The molecule has 0 unspecified atom stereocenters. The van der Waals surface area contributed by atoms with Crippen molar-refractivity contribution in [1.29, 1.82) is 0 Å². The zero-order valence-corrected chi connectivity index (χ0v) is 8.22. The molecule has 0 heterocycles. The van der Waals surface area contributed by atoms with E-state index in [0.29, 0.717) is 17.4 Å². The smallest absolute Gasteiger partial charge is 0.188 e. The van der Waals surface area contributed by atoms with Crippen molar-refractivity contribution in [1.82, 2.24) is 5.32 Å². The van der Waals surface area contributed by atoms with E-state index in [1.165, 1.54) is 12.8 Å². The molecule has 0 radical (unpaired) electrons. The number of nitrogens with zero attached hydrogens (tertiary/aromatic N) is 1. The highest BCUT2D eigenvalue weighted by Crippen LogP contribution is 2.44. The van der Waals surface area contributed by atoms with Crippen molar-refractivity contribution in [3.8, 4) is 0 Å². The van der Waals surface area contributed by atoms with Gasteiger partial charge in [-0.05, 0) is 32.1 Å². The Hall–Kier alpha value is -0.730. The lowest BCUT2D eigenvalue weighted by Gasteiger charge is -2.09. The summed E-state index contributed by atoms with van der Waals surface area (Å²) in [7, 11) is 0. The monoisotopic (exact) mass is 169 g/mol. The molecule has 1 fully saturated rings. The van der Waals surface area contributed by atoms with Gasteiger partial charge in [-0.1, -0.05) is 6.92 Å². The number of hydrogen-bond acceptors (Lipinski definition) is 1. The van der Waals surface area contributed by atoms with E-state index in [0.717, 1.165) is 6.54 Å². The molecule has 0 aromatic carbocycles. The SMILES string of the molecule is CC(C)NC(N)=NCC1(C)CC1. The second kappa shape index (κ2) is 3.33. The molecule has 0 aromatic heterocycles. The van der Waals surface area contributed by atoms with Gasteiger partial charge in [0.05, 0.1) is 0 Å². The normalized spacial score (nSPS) is 21.2. The molecule has 3 nitrogen and oxygen atoms in total. The molecule has 0 aliphatic heterocycles. The zero-order chi connectivity index (χ0) is 9.19. The maximum absolute atomic E-state index is 5.65. The molecule has 0 aromatic rings. The van der Waals surface area contributed by atoms with E-state index in [9.17, 15) is 0 Å². The van der Waals surface area contributed by atoms with Crippen LogP contribution in [0.3, 0.4) is 0 Å². The molecule has 0 atom stereocenters. The van der Waals surface area contributed by atoms with Crippen LogP contribution in [0.4, 0.5) is 0 Å². The number of rotatable bonds is 3. The van der Waals surface area contributed by atoms with E-state index in [-0.39, 0.29) is 0 Å². The summed E-state index contributed by atoms with van der Waals surface area (Å²) in [5, 5.41) is 3.07. The first-order chi connectivity index (χ1) is 5.52. The van der Waals surface area contributed by atoms with E-state index in [4.69, 9.17) is 5.73 Å². The van der Waals surface area contributed by atoms with Gasteiger partial charge >= 0.3 is 0 Å². The molecule has 3 N–H and O–H groups in total. The second-order valence-corrected chi connectivity index (χ2v) is 4.31. The molecule has 1 saturated carbocycles. The minimum Gasteiger partial charge on any atom is -0.370 e. The van der Waals surface area contributed by atoms with Gasteiger partial charge in [-0.2, -0.15) is 0 Å². The number of nitrogens with one attached hydrogen (secondary N) is 1. The summed E-state index contributed by atoms with van der Waals surface area (Å²) in [5.74, 6) is 0.582. The van der Waals surface area contributed by atoms with Crippen molar-refractivity contribution in [2.45, 2.75) is 39.7 Å². The van der Waals surface area contributed by atoms with Gasteiger partial charge in [0.15, 0.2) is 5.96 Å². The maximum atomic E-state index is 5.65. The van der Waals surface area contributed by atoms with Crippen molar-refractivity contribution >= 4 is 5.96 Å². The third kappa shape index (κ3) is 3.11. The number of nitrogens with two attached hydrogens (primary N) is 1. The number of guanidine groups is 1. The van der Waals surface area contributed by atoms with Gasteiger partial charge < -0.3 is 11.1 Å². The van der Waals surface area contributed by atoms with Crippen molar-refractivity contribution in [3.63, 3.8) is 0 Å². The maximum Gasteiger partial charge on any atom is 0.188 e. The predicted molar refractivity (Wildman–Crippen MR) is 52.1 cm³/mol. The molecule has 1 rings (SSSR count). The highest BCUT2D eigenvalue weighted by Gasteiger charge is 2.36. The lowest BCUT2D eigenvalue weighted by Crippen LogP contribution is -2.37. The Morgan fingerprint density at radius 3 is 2.58 bits per heavy atom. The molecule has 1 aliphatic rings. The highest BCUT2D eigenvalue weighted by atomic mass is 15.1. The van der Waals surface area contributed by atoms with Crippen LogP contribution in [0.1, 0.15) is 33.6 Å². The molecule has 3 heteroatoms. The van der Waals surface area contributed by atoms with Crippen LogP contribution in [0.25, 0.3) is 0 Å². The van der Waals surface area contributed by atoms with Gasteiger partial charge in [-0.15, -0.1) is 0 Å². The molecule has 0 spiro atoms. The van der Waals surface area contributed by atoms with E-state index in [1.807, 2.05) is 0 Å². The fourth-order valence-electron chi connectivity index (χ4n) is 0.989. The Balaban J connectivity index is 2.25. The lowest BCUT2D eigenvalue weighted by molar-refractivity contribution is 0.585. The lowest BCUT2D eigenvalue weighted by atomic mass is 10.1. The summed E-state index contributed by atoms with van der Waals surface area (Å²) in [5.41, 5.74) is 6.11. The van der Waals surface area contributed by atoms with E-state index >= 15 is 0 Å². The summed E-state index contributed by atoms with van der Waals surface area (Å²) in [4.78, 5) is 4.28. The molecule has 0 bridgehead atoms. The van der Waals surface area contributed by atoms with Crippen molar-refractivity contribution in [2.75, 3.05) is 6.54 Å². The molecule has 1 aliphatic carbocycles. The largest absolute Gasteiger partial charge is 0.370 e. The Morgan fingerprint density at radius 1 is 1.58 bits per heavy atom. The predicted octanol–water partition coefficient (Wildman–Crippen LogP) is 1.10. The fourth-order valence-corrected chi connectivity index (χ4v) is 0.989. The first kappa shape index (κ1) is 9.36. The van der Waals surface area contributed by atoms with Crippen LogP contribution in [-0.2, 0) is 0 Å². The Morgan fingerprint density at radius 2 is 2.17 bits per heavy atom. The average molecular weight is 169 g/mol. The minimum atomic E-state index is 0.376. The van der Waals surface area contributed by atoms with E-state index in [1.54, 1.807) is 0 Å². The first-order valence-electron chi connectivity index (χ1n) is 4.58. The van der Waals surface area contributed by atoms with Gasteiger partial charge in [0.2, 0.25) is 0 Å². The van der Waals surface area contributed by atoms with Gasteiger partial charge in [-0.25, -0.2) is 0 Å². The molecule has 0 amide bonds. The number of aliphatic imine (C=N–C) groups is 1. The van der Waals surface area contributed by atoms with Crippen LogP contribution in [-0.4, -0.2) is 18.5 Å². The van der Waals surface area contributed by atoms with Crippen LogP contribution in [0, 0.1) is 5.41 Å². The molecule has 0 saturated heterocycles. The quantitative estimate of drug-likeness (QED) is 0.491. The summed E-state index contributed by atoms with van der Waals surface area (Å²) < 4.78 is 0. The average Bonchev–Trinajstić information content (AvgIpc) is 2.64. The van der Waals surface area contributed by atoms with Crippen molar-refractivity contribution in [3.05, 3.63) is 0 Å². The molecular weight excluding hydrogens is 150 g/mol. The standard InChI is InChI=1S/C9H19N3/c1-7(2)12-8(10)11-6-9(3)4-5-9/h7H,4-6H2,1-3H3,(H3,10,11,12). The molecule has 70 valence electrons. The Bertz CT molecular complexity index is 180. The first-order valence-corrected chi connectivity index (χ1v) is 4.58. The molecular formula is C9H19N3. The Kier molecular flexibility index (Phi) is 2.60. The van der Waals surface area contributed by atoms with E-state index in [2.05, 4.69) is 31.1 Å². The summed E-state index contributed by atoms with van der Waals surface area (Å²) in [6.45, 7) is 7.24. The third-order valence-corrected chi connectivity index (χ3v) is 2.17.